The zero-order valence-electron chi connectivity index (χ0n) is 31.2. The van der Waals surface area contributed by atoms with Gasteiger partial charge in [0.1, 0.15) is 11.9 Å². The number of amides is 3. The van der Waals surface area contributed by atoms with Gasteiger partial charge in [-0.15, -0.1) is 0 Å². The molecule has 2 aromatic carbocycles. The maximum atomic E-state index is 13.6. The van der Waals surface area contributed by atoms with Crippen LogP contribution in [0.1, 0.15) is 88.4 Å². The number of methoxy groups -OCH3 is 2. The Kier molecular flexibility index (Phi) is 11.3. The predicted octanol–water partition coefficient (Wildman–Crippen LogP) is 5.85. The lowest BCUT2D eigenvalue weighted by Gasteiger charge is -2.30. The lowest BCUT2D eigenvalue weighted by Crippen LogP contribution is -2.53. The first kappa shape index (κ1) is 37.0. The smallest absolute Gasteiger partial charge is 0.407 e. The van der Waals surface area contributed by atoms with Gasteiger partial charge in [0.25, 0.3) is 0 Å². The first-order valence-electron chi connectivity index (χ1n) is 18.7. The third-order valence-corrected chi connectivity index (χ3v) is 11.0. The number of likely N-dealkylation sites (tertiary alicyclic amines) is 2. The monoisotopic (exact) mass is 712 g/mol. The largest absolute Gasteiger partial charge is 0.469 e. The second kappa shape index (κ2) is 15.9. The van der Waals surface area contributed by atoms with Crippen molar-refractivity contribution in [2.24, 2.45) is 22.7 Å². The number of aliphatic imine (C=N–C) groups is 1. The van der Waals surface area contributed by atoms with Gasteiger partial charge in [-0.3, -0.25) is 19.4 Å². The van der Waals surface area contributed by atoms with E-state index in [1.807, 2.05) is 43.6 Å². The Morgan fingerprint density at radius 1 is 0.865 bits per heavy atom. The van der Waals surface area contributed by atoms with E-state index >= 15 is 0 Å². The van der Waals surface area contributed by atoms with E-state index in [0.29, 0.717) is 19.5 Å². The molecular formula is C40H52N6O6. The zero-order chi connectivity index (χ0) is 37.1. The van der Waals surface area contributed by atoms with E-state index in [1.165, 1.54) is 30.9 Å². The maximum Gasteiger partial charge on any atom is 0.407 e. The first-order valence-corrected chi connectivity index (χ1v) is 18.7. The molecule has 2 saturated heterocycles. The summed E-state index contributed by atoms with van der Waals surface area (Å²) in [6, 6.07) is 11.9. The number of nitrogens with one attached hydrogen (secondary N) is 2. The van der Waals surface area contributed by atoms with Crippen LogP contribution in [0.5, 0.6) is 0 Å². The molecule has 3 aliphatic heterocycles. The van der Waals surface area contributed by atoms with Crippen LogP contribution in [0.15, 0.2) is 41.4 Å². The van der Waals surface area contributed by atoms with Crippen molar-refractivity contribution in [3.05, 3.63) is 58.9 Å². The molecule has 278 valence electrons. The Balaban J connectivity index is 1.11. The van der Waals surface area contributed by atoms with Crippen molar-refractivity contribution in [2.75, 3.05) is 27.3 Å². The molecule has 0 saturated carbocycles. The third-order valence-electron chi connectivity index (χ3n) is 11.0. The van der Waals surface area contributed by atoms with E-state index in [-0.39, 0.29) is 48.1 Å². The fourth-order valence-corrected chi connectivity index (χ4v) is 7.93. The van der Waals surface area contributed by atoms with E-state index in [2.05, 4.69) is 40.6 Å². The van der Waals surface area contributed by atoms with Crippen LogP contribution in [-0.4, -0.2) is 88.7 Å². The molecule has 0 unspecified atom stereocenters. The number of nitrogens with zero attached hydrogens (tertiary/aromatic N) is 4. The number of aromatic amines is 1. The molecule has 6 rings (SSSR count). The summed E-state index contributed by atoms with van der Waals surface area (Å²) in [7, 11) is 2.66. The standard InChI is InChI=1S/C40H52N6O6/c1-23(2)28(22-35(47)51-5)38(48)46-18-8-10-34(46)37-42-29-16-14-26(20-31(29)43-37)12-11-25-13-15-27-21-32(41-30(27)19-25)33-9-7-17-45(33)39(49)36(24(3)4)44-40(50)52-6/h13-16,19-20,23-24,28,33-34,36H,7-12,17-18,21-22H2,1-6H3,(H,42,43)(H,44,50)/t28-,33-,34-,36+/m0/s1. The number of imidazole rings is 1. The van der Waals surface area contributed by atoms with Gasteiger partial charge >= 0.3 is 12.1 Å². The van der Waals surface area contributed by atoms with Crippen molar-refractivity contribution < 1.29 is 28.7 Å². The molecule has 0 radical (unpaired) electrons. The topological polar surface area (TPSA) is 146 Å². The highest BCUT2D eigenvalue weighted by Gasteiger charge is 2.40. The number of H-pyrrole nitrogens is 1. The summed E-state index contributed by atoms with van der Waals surface area (Å²) >= 11 is 0. The van der Waals surface area contributed by atoms with Crippen molar-refractivity contribution in [1.82, 2.24) is 25.1 Å². The summed E-state index contributed by atoms with van der Waals surface area (Å²) < 4.78 is 9.65. The second-order valence-corrected chi connectivity index (χ2v) is 15.1. The number of aromatic nitrogens is 2. The molecule has 0 spiro atoms. The highest BCUT2D eigenvalue weighted by Crippen LogP contribution is 2.36. The minimum Gasteiger partial charge on any atom is -0.469 e. The summed E-state index contributed by atoms with van der Waals surface area (Å²) in [5, 5.41) is 2.72. The van der Waals surface area contributed by atoms with Gasteiger partial charge in [-0.2, -0.15) is 0 Å². The average molecular weight is 713 g/mol. The number of aryl methyl sites for hydroxylation is 2. The number of carbonyl (C=O) groups is 4. The van der Waals surface area contributed by atoms with Gasteiger partial charge in [0.15, 0.2) is 0 Å². The number of rotatable bonds is 12. The van der Waals surface area contributed by atoms with Crippen LogP contribution >= 0.6 is 0 Å². The quantitative estimate of drug-likeness (QED) is 0.224. The molecule has 3 aromatic rings. The number of alkyl carbamates (subject to hydrolysis) is 1. The number of ether oxygens (including phenoxy) is 2. The van der Waals surface area contributed by atoms with E-state index in [9.17, 15) is 19.2 Å². The lowest BCUT2D eigenvalue weighted by molar-refractivity contribution is -0.148. The fourth-order valence-electron chi connectivity index (χ4n) is 7.93. The van der Waals surface area contributed by atoms with E-state index in [4.69, 9.17) is 19.5 Å². The lowest BCUT2D eigenvalue weighted by atomic mass is 9.91. The van der Waals surface area contributed by atoms with Crippen LogP contribution in [0.2, 0.25) is 0 Å². The van der Waals surface area contributed by atoms with Crippen LogP contribution in [0, 0.1) is 17.8 Å². The van der Waals surface area contributed by atoms with E-state index in [0.717, 1.165) is 66.8 Å². The van der Waals surface area contributed by atoms with Crippen LogP contribution in [0.25, 0.3) is 11.0 Å². The van der Waals surface area contributed by atoms with Crippen molar-refractivity contribution >= 4 is 46.3 Å². The van der Waals surface area contributed by atoms with Crippen LogP contribution in [0.4, 0.5) is 10.5 Å². The second-order valence-electron chi connectivity index (χ2n) is 15.1. The van der Waals surface area contributed by atoms with E-state index < -0.39 is 18.1 Å². The Morgan fingerprint density at radius 3 is 2.21 bits per heavy atom. The Bertz CT molecular complexity index is 1850. The number of hydrogen-bond donors (Lipinski definition) is 2. The molecule has 4 atom stereocenters. The first-order chi connectivity index (χ1) is 25.0. The summed E-state index contributed by atoms with van der Waals surface area (Å²) in [5.74, 6) is -0.183. The van der Waals surface area contributed by atoms with Crippen molar-refractivity contribution in [2.45, 2.75) is 97.2 Å². The number of benzene rings is 2. The van der Waals surface area contributed by atoms with Gasteiger partial charge in [-0.1, -0.05) is 45.9 Å². The molecule has 12 nitrogen and oxygen atoms in total. The van der Waals surface area contributed by atoms with Crippen LogP contribution < -0.4 is 5.32 Å². The molecule has 2 N–H and O–H groups in total. The number of fused-ring (bicyclic) bond motifs is 2. The molecule has 12 heteroatoms. The van der Waals surface area contributed by atoms with Crippen LogP contribution in [0.3, 0.4) is 0 Å². The maximum absolute atomic E-state index is 13.6. The highest BCUT2D eigenvalue weighted by molar-refractivity contribution is 6.01. The molecule has 4 heterocycles. The van der Waals surface area contributed by atoms with E-state index in [1.54, 1.807) is 0 Å². The Labute approximate surface area is 305 Å². The minimum absolute atomic E-state index is 0.0137. The van der Waals surface area contributed by atoms with Crippen molar-refractivity contribution in [1.29, 1.82) is 0 Å². The van der Waals surface area contributed by atoms with Crippen molar-refractivity contribution in [3.8, 4) is 0 Å². The summed E-state index contributed by atoms with van der Waals surface area (Å²) in [6.45, 7) is 9.07. The number of hydrogen-bond acceptors (Lipinski definition) is 8. The molecule has 52 heavy (non-hydrogen) atoms. The normalized spacial score (nSPS) is 19.6. The van der Waals surface area contributed by atoms with Gasteiger partial charge in [-0.05, 0) is 85.3 Å². The van der Waals surface area contributed by atoms with Gasteiger partial charge < -0.3 is 29.6 Å². The molecule has 1 aromatic heterocycles. The SMILES string of the molecule is COC(=O)C[C@H](C(=O)N1CCC[C@H]1c1nc2ccc(CCc3ccc4c(c3)N=C([C@@H]3CCCN3C(=O)[C@H](NC(=O)OC)C(C)C)C4)cc2[nH]1)C(C)C. The Morgan fingerprint density at radius 2 is 1.54 bits per heavy atom. The van der Waals surface area contributed by atoms with Crippen molar-refractivity contribution in [3.63, 3.8) is 0 Å². The summed E-state index contributed by atoms with van der Waals surface area (Å²) in [4.78, 5) is 68.5. The third kappa shape index (κ3) is 7.85. The van der Waals surface area contributed by atoms with Gasteiger partial charge in [0, 0.05) is 25.2 Å². The average Bonchev–Trinajstić information content (AvgIpc) is 3.95. The molecule has 3 amide bonds. The zero-order valence-corrected chi connectivity index (χ0v) is 31.2. The van der Waals surface area contributed by atoms with Gasteiger partial charge in [0.05, 0.1) is 55.4 Å². The molecule has 0 aliphatic carbocycles. The minimum atomic E-state index is -0.653. The fraction of sp³-hybridized carbons (Fsp3) is 0.550. The van der Waals surface area contributed by atoms with Crippen LogP contribution in [-0.2, 0) is 43.1 Å². The molecular weight excluding hydrogens is 660 g/mol. The number of carbonyl (C=O) groups excluding carboxylic acids is 4. The number of esters is 1. The van der Waals surface area contributed by atoms with Gasteiger partial charge in [0.2, 0.25) is 11.8 Å². The Hall–Kier alpha value is -4.74. The summed E-state index contributed by atoms with van der Waals surface area (Å²) in [5.41, 5.74) is 7.34. The molecule has 0 bridgehead atoms. The van der Waals surface area contributed by atoms with Gasteiger partial charge in [-0.25, -0.2) is 9.78 Å². The predicted molar refractivity (Wildman–Crippen MR) is 198 cm³/mol. The molecule has 2 fully saturated rings. The highest BCUT2D eigenvalue weighted by atomic mass is 16.5. The summed E-state index contributed by atoms with van der Waals surface area (Å²) in [6.07, 6.45) is 5.34. The molecule has 3 aliphatic rings.